The second-order valence-electron chi connectivity index (χ2n) is 3.18. The molecule has 0 radical (unpaired) electrons. The van der Waals surface area contributed by atoms with Crippen LogP contribution in [0.15, 0.2) is 34.6 Å². The van der Waals surface area contributed by atoms with Crippen LogP contribution in [0.2, 0.25) is 0 Å². The molecular formula is C10H11FN4S. The van der Waals surface area contributed by atoms with Crippen LogP contribution in [0.5, 0.6) is 0 Å². The number of benzene rings is 1. The van der Waals surface area contributed by atoms with Crippen molar-refractivity contribution in [3.05, 3.63) is 35.9 Å². The fourth-order valence-corrected chi connectivity index (χ4v) is 2.18. The highest BCUT2D eigenvalue weighted by Crippen LogP contribution is 2.28. The van der Waals surface area contributed by atoms with E-state index in [0.29, 0.717) is 18.1 Å². The van der Waals surface area contributed by atoms with Gasteiger partial charge in [-0.15, -0.1) is 0 Å². The zero-order valence-electron chi connectivity index (χ0n) is 8.48. The van der Waals surface area contributed by atoms with Gasteiger partial charge in [-0.05, 0) is 36.7 Å². The van der Waals surface area contributed by atoms with Gasteiger partial charge in [0.2, 0.25) is 0 Å². The Balaban J connectivity index is 2.25. The number of aromatic nitrogens is 3. The van der Waals surface area contributed by atoms with Crippen molar-refractivity contribution in [2.24, 2.45) is 5.73 Å². The molecule has 0 amide bonds. The molecule has 0 aliphatic rings. The molecule has 0 atom stereocenters. The van der Waals surface area contributed by atoms with Crippen molar-refractivity contribution in [1.29, 1.82) is 0 Å². The monoisotopic (exact) mass is 238 g/mol. The summed E-state index contributed by atoms with van der Waals surface area (Å²) < 4.78 is 13.1. The van der Waals surface area contributed by atoms with Gasteiger partial charge < -0.3 is 5.73 Å². The predicted octanol–water partition coefficient (Wildman–Crippen LogP) is 1.60. The van der Waals surface area contributed by atoms with Gasteiger partial charge >= 0.3 is 0 Å². The van der Waals surface area contributed by atoms with E-state index in [1.54, 1.807) is 6.07 Å². The smallest absolute Gasteiger partial charge is 0.188 e. The zero-order valence-corrected chi connectivity index (χ0v) is 9.30. The number of rotatable bonds is 4. The Morgan fingerprint density at radius 3 is 3.00 bits per heavy atom. The standard InChI is InChI=1S/C10H11FN4S/c11-8-1-2-9(7(5-8)3-4-12)16-10-13-6-14-15-10/h1-2,5-6H,3-4,12H2,(H,13,14,15). The Hall–Kier alpha value is -1.40. The Labute approximate surface area is 96.5 Å². The molecule has 2 rings (SSSR count). The molecule has 0 unspecified atom stereocenters. The van der Waals surface area contributed by atoms with E-state index in [0.717, 1.165) is 10.5 Å². The second-order valence-corrected chi connectivity index (χ2v) is 4.21. The fraction of sp³-hybridized carbons (Fsp3) is 0.200. The van der Waals surface area contributed by atoms with E-state index in [1.165, 1.54) is 30.2 Å². The Kier molecular flexibility index (Phi) is 3.53. The van der Waals surface area contributed by atoms with Crippen molar-refractivity contribution in [2.75, 3.05) is 6.54 Å². The number of H-pyrrole nitrogens is 1. The van der Waals surface area contributed by atoms with Crippen LogP contribution in [0, 0.1) is 5.82 Å². The molecule has 0 saturated heterocycles. The number of nitrogens with two attached hydrogens (primary N) is 1. The van der Waals surface area contributed by atoms with E-state index in [4.69, 9.17) is 5.73 Å². The lowest BCUT2D eigenvalue weighted by Gasteiger charge is -2.06. The van der Waals surface area contributed by atoms with Crippen molar-refractivity contribution in [1.82, 2.24) is 15.2 Å². The SMILES string of the molecule is NCCc1cc(F)ccc1Sc1ncn[nH]1. The average molecular weight is 238 g/mol. The number of aromatic amines is 1. The number of nitrogens with zero attached hydrogens (tertiary/aromatic N) is 2. The quantitative estimate of drug-likeness (QED) is 0.849. The van der Waals surface area contributed by atoms with E-state index in [-0.39, 0.29) is 5.82 Å². The van der Waals surface area contributed by atoms with E-state index < -0.39 is 0 Å². The first-order valence-electron chi connectivity index (χ1n) is 4.81. The largest absolute Gasteiger partial charge is 0.330 e. The first-order chi connectivity index (χ1) is 7.79. The van der Waals surface area contributed by atoms with Gasteiger partial charge in [0.25, 0.3) is 0 Å². The van der Waals surface area contributed by atoms with Crippen LogP contribution in [0.1, 0.15) is 5.56 Å². The first-order valence-corrected chi connectivity index (χ1v) is 5.63. The van der Waals surface area contributed by atoms with Crippen LogP contribution in [-0.2, 0) is 6.42 Å². The molecule has 0 aliphatic heterocycles. The van der Waals surface area contributed by atoms with Gasteiger partial charge in [0.1, 0.15) is 12.1 Å². The minimum atomic E-state index is -0.245. The summed E-state index contributed by atoms with van der Waals surface area (Å²) in [5, 5.41) is 7.19. The fourth-order valence-electron chi connectivity index (χ4n) is 1.35. The van der Waals surface area contributed by atoms with Gasteiger partial charge in [0, 0.05) is 4.90 Å². The molecule has 84 valence electrons. The van der Waals surface area contributed by atoms with Crippen molar-refractivity contribution in [3.8, 4) is 0 Å². The Bertz CT molecular complexity index is 458. The van der Waals surface area contributed by atoms with Gasteiger partial charge in [-0.25, -0.2) is 9.37 Å². The summed E-state index contributed by atoms with van der Waals surface area (Å²) in [6, 6.07) is 4.66. The summed E-state index contributed by atoms with van der Waals surface area (Å²) in [6.07, 6.45) is 2.09. The molecule has 1 aromatic carbocycles. The molecule has 1 aromatic heterocycles. The predicted molar refractivity (Wildman–Crippen MR) is 59.7 cm³/mol. The molecule has 0 bridgehead atoms. The van der Waals surface area contributed by atoms with Gasteiger partial charge in [0.05, 0.1) is 0 Å². The maximum absolute atomic E-state index is 13.1. The lowest BCUT2D eigenvalue weighted by Crippen LogP contribution is -2.04. The molecule has 0 fully saturated rings. The lowest BCUT2D eigenvalue weighted by molar-refractivity contribution is 0.623. The molecule has 3 N–H and O–H groups in total. The van der Waals surface area contributed by atoms with Crippen LogP contribution >= 0.6 is 11.8 Å². The summed E-state index contributed by atoms with van der Waals surface area (Å²) in [4.78, 5) is 4.95. The first kappa shape index (κ1) is 11.1. The van der Waals surface area contributed by atoms with Crippen LogP contribution in [0.25, 0.3) is 0 Å². The molecule has 6 heteroatoms. The van der Waals surface area contributed by atoms with Crippen LogP contribution in [0.4, 0.5) is 4.39 Å². The Morgan fingerprint density at radius 2 is 2.31 bits per heavy atom. The van der Waals surface area contributed by atoms with Crippen molar-refractivity contribution >= 4 is 11.8 Å². The third kappa shape index (κ3) is 2.59. The highest BCUT2D eigenvalue weighted by Gasteiger charge is 2.07. The van der Waals surface area contributed by atoms with Gasteiger partial charge in [0.15, 0.2) is 5.16 Å². The topological polar surface area (TPSA) is 67.6 Å². The third-order valence-electron chi connectivity index (χ3n) is 2.04. The maximum Gasteiger partial charge on any atom is 0.188 e. The van der Waals surface area contributed by atoms with E-state index in [1.807, 2.05) is 0 Å². The molecule has 0 spiro atoms. The molecule has 16 heavy (non-hydrogen) atoms. The van der Waals surface area contributed by atoms with Crippen LogP contribution in [0.3, 0.4) is 0 Å². The highest BCUT2D eigenvalue weighted by atomic mass is 32.2. The summed E-state index contributed by atoms with van der Waals surface area (Å²) >= 11 is 1.42. The average Bonchev–Trinajstić information content (AvgIpc) is 2.75. The summed E-state index contributed by atoms with van der Waals surface area (Å²) in [6.45, 7) is 0.493. The van der Waals surface area contributed by atoms with Crippen LogP contribution < -0.4 is 5.73 Å². The van der Waals surface area contributed by atoms with Crippen LogP contribution in [-0.4, -0.2) is 21.7 Å². The normalized spacial score (nSPS) is 10.6. The second kappa shape index (κ2) is 5.09. The van der Waals surface area contributed by atoms with Crippen molar-refractivity contribution < 1.29 is 4.39 Å². The number of hydrogen-bond acceptors (Lipinski definition) is 4. The minimum Gasteiger partial charge on any atom is -0.330 e. The summed E-state index contributed by atoms with van der Waals surface area (Å²) in [5.74, 6) is -0.245. The maximum atomic E-state index is 13.1. The highest BCUT2D eigenvalue weighted by molar-refractivity contribution is 7.99. The molecule has 1 heterocycles. The molecule has 0 aliphatic carbocycles. The van der Waals surface area contributed by atoms with Crippen molar-refractivity contribution in [2.45, 2.75) is 16.5 Å². The van der Waals surface area contributed by atoms with E-state index in [2.05, 4.69) is 15.2 Å². The summed E-state index contributed by atoms with van der Waals surface area (Å²) in [5.41, 5.74) is 6.38. The number of nitrogens with one attached hydrogen (secondary N) is 1. The Morgan fingerprint density at radius 1 is 1.44 bits per heavy atom. The molecule has 2 aromatic rings. The van der Waals surface area contributed by atoms with Crippen molar-refractivity contribution in [3.63, 3.8) is 0 Å². The summed E-state index contributed by atoms with van der Waals surface area (Å²) in [7, 11) is 0. The third-order valence-corrected chi connectivity index (χ3v) is 3.04. The number of halogens is 1. The van der Waals surface area contributed by atoms with Gasteiger partial charge in [-0.2, -0.15) is 5.10 Å². The molecule has 0 saturated carbocycles. The zero-order chi connectivity index (χ0) is 11.4. The van der Waals surface area contributed by atoms with E-state index >= 15 is 0 Å². The van der Waals surface area contributed by atoms with Gasteiger partial charge in [-0.1, -0.05) is 11.8 Å². The molecular weight excluding hydrogens is 227 g/mol. The molecule has 4 nitrogen and oxygen atoms in total. The lowest BCUT2D eigenvalue weighted by atomic mass is 10.1. The van der Waals surface area contributed by atoms with E-state index in [9.17, 15) is 4.39 Å². The van der Waals surface area contributed by atoms with Gasteiger partial charge in [-0.3, -0.25) is 5.10 Å². The number of hydrogen-bond donors (Lipinski definition) is 2. The minimum absolute atomic E-state index is 0.245.